The molecule has 1 nitrogen and oxygen atoms in total. The number of alkyl halides is 1. The summed E-state index contributed by atoms with van der Waals surface area (Å²) in [4.78, 5) is 0. The minimum absolute atomic E-state index is 0.240. The molecule has 0 spiro atoms. The largest absolute Gasteiger partial charge is 0.312 e. The van der Waals surface area contributed by atoms with E-state index in [0.29, 0.717) is 5.41 Å². The lowest BCUT2D eigenvalue weighted by atomic mass is 9.87. The van der Waals surface area contributed by atoms with Gasteiger partial charge in [-0.25, -0.2) is 0 Å². The van der Waals surface area contributed by atoms with E-state index in [1.165, 1.54) is 24.0 Å². The standard InChI is InChI=1S/C17H26ClN/c1-16(2,3)15-6-4-14(5-7-15)12-19-13-17(8-9-17)10-11-18/h4-7,19H,8-13H2,1-3H3. The third-order valence-electron chi connectivity index (χ3n) is 4.23. The molecule has 2 rings (SSSR count). The molecule has 1 aromatic carbocycles. The minimum atomic E-state index is 0.240. The van der Waals surface area contributed by atoms with Crippen molar-refractivity contribution in [3.05, 3.63) is 35.4 Å². The maximum atomic E-state index is 5.85. The summed E-state index contributed by atoms with van der Waals surface area (Å²) in [7, 11) is 0. The smallest absolute Gasteiger partial charge is 0.0229 e. The highest BCUT2D eigenvalue weighted by molar-refractivity contribution is 6.17. The fourth-order valence-corrected chi connectivity index (χ4v) is 2.89. The Balaban J connectivity index is 1.81. The summed E-state index contributed by atoms with van der Waals surface area (Å²) in [6, 6.07) is 8.99. The van der Waals surface area contributed by atoms with Crippen molar-refractivity contribution in [3.63, 3.8) is 0 Å². The second-order valence-corrected chi connectivity index (χ2v) is 7.37. The number of nitrogens with one attached hydrogen (secondary N) is 1. The Morgan fingerprint density at radius 3 is 2.26 bits per heavy atom. The molecule has 0 aromatic heterocycles. The van der Waals surface area contributed by atoms with Gasteiger partial charge in [0, 0.05) is 19.0 Å². The zero-order valence-corrected chi connectivity index (χ0v) is 13.2. The van der Waals surface area contributed by atoms with Crippen molar-refractivity contribution < 1.29 is 0 Å². The fraction of sp³-hybridized carbons (Fsp3) is 0.647. The van der Waals surface area contributed by atoms with E-state index < -0.39 is 0 Å². The summed E-state index contributed by atoms with van der Waals surface area (Å²) in [5.74, 6) is 0.794. The van der Waals surface area contributed by atoms with E-state index in [4.69, 9.17) is 11.6 Å². The van der Waals surface area contributed by atoms with Crippen LogP contribution in [0.3, 0.4) is 0 Å². The third-order valence-corrected chi connectivity index (χ3v) is 4.42. The van der Waals surface area contributed by atoms with Crippen LogP contribution in [0.4, 0.5) is 0 Å². The van der Waals surface area contributed by atoms with Crippen LogP contribution in [0, 0.1) is 5.41 Å². The van der Waals surface area contributed by atoms with Gasteiger partial charge in [-0.15, -0.1) is 11.6 Å². The van der Waals surface area contributed by atoms with Crippen LogP contribution in [0.1, 0.15) is 51.2 Å². The number of rotatable bonds is 6. The maximum Gasteiger partial charge on any atom is 0.0229 e. The van der Waals surface area contributed by atoms with Gasteiger partial charge in [0.05, 0.1) is 0 Å². The van der Waals surface area contributed by atoms with Gasteiger partial charge < -0.3 is 5.32 Å². The van der Waals surface area contributed by atoms with Crippen molar-refractivity contribution >= 4 is 11.6 Å². The normalized spacial score (nSPS) is 17.5. The molecule has 1 fully saturated rings. The van der Waals surface area contributed by atoms with Gasteiger partial charge in [-0.3, -0.25) is 0 Å². The SMILES string of the molecule is CC(C)(C)c1ccc(CNCC2(CCCl)CC2)cc1. The quantitative estimate of drug-likeness (QED) is 0.757. The second kappa shape index (κ2) is 5.85. The molecule has 0 unspecified atom stereocenters. The molecule has 19 heavy (non-hydrogen) atoms. The van der Waals surface area contributed by atoms with Gasteiger partial charge in [-0.2, -0.15) is 0 Å². The Bertz CT molecular complexity index is 398. The monoisotopic (exact) mass is 279 g/mol. The Morgan fingerprint density at radius 1 is 1.16 bits per heavy atom. The molecule has 106 valence electrons. The number of benzene rings is 1. The molecule has 1 N–H and O–H groups in total. The Kier molecular flexibility index (Phi) is 4.58. The van der Waals surface area contributed by atoms with E-state index >= 15 is 0 Å². The molecule has 0 heterocycles. The highest BCUT2D eigenvalue weighted by Gasteiger charge is 2.40. The molecule has 0 bridgehead atoms. The summed E-state index contributed by atoms with van der Waals surface area (Å²) >= 11 is 5.85. The zero-order chi connectivity index (χ0) is 13.9. The average molecular weight is 280 g/mol. The highest BCUT2D eigenvalue weighted by atomic mass is 35.5. The summed E-state index contributed by atoms with van der Waals surface area (Å²) in [6.07, 6.45) is 3.84. The van der Waals surface area contributed by atoms with Crippen LogP contribution >= 0.6 is 11.6 Å². The van der Waals surface area contributed by atoms with Crippen molar-refractivity contribution in [2.45, 2.75) is 52.0 Å². The van der Waals surface area contributed by atoms with Crippen LogP contribution < -0.4 is 5.32 Å². The lowest BCUT2D eigenvalue weighted by molar-refractivity contribution is 0.445. The van der Waals surface area contributed by atoms with E-state index in [1.54, 1.807) is 0 Å². The van der Waals surface area contributed by atoms with Crippen LogP contribution in [-0.2, 0) is 12.0 Å². The Morgan fingerprint density at radius 2 is 1.79 bits per heavy atom. The van der Waals surface area contributed by atoms with E-state index in [-0.39, 0.29) is 5.41 Å². The van der Waals surface area contributed by atoms with Crippen molar-refractivity contribution in [3.8, 4) is 0 Å². The Hall–Kier alpha value is -0.530. The molecule has 1 aliphatic rings. The Labute approximate surface area is 122 Å². The van der Waals surface area contributed by atoms with Gasteiger partial charge in [0.25, 0.3) is 0 Å². The van der Waals surface area contributed by atoms with E-state index in [0.717, 1.165) is 25.4 Å². The molecular formula is C17H26ClN. The fourth-order valence-electron chi connectivity index (χ4n) is 2.49. The molecule has 1 aromatic rings. The van der Waals surface area contributed by atoms with Crippen molar-refractivity contribution in [2.24, 2.45) is 5.41 Å². The first-order chi connectivity index (χ1) is 8.95. The number of hydrogen-bond donors (Lipinski definition) is 1. The van der Waals surface area contributed by atoms with E-state index in [1.807, 2.05) is 0 Å². The molecule has 0 amide bonds. The van der Waals surface area contributed by atoms with Crippen molar-refractivity contribution in [2.75, 3.05) is 12.4 Å². The lowest BCUT2D eigenvalue weighted by Crippen LogP contribution is -2.24. The van der Waals surface area contributed by atoms with Gasteiger partial charge in [0.1, 0.15) is 0 Å². The second-order valence-electron chi connectivity index (χ2n) is 6.99. The van der Waals surface area contributed by atoms with Crippen LogP contribution in [0.25, 0.3) is 0 Å². The molecule has 0 saturated heterocycles. The number of hydrogen-bond acceptors (Lipinski definition) is 1. The topological polar surface area (TPSA) is 12.0 Å². The van der Waals surface area contributed by atoms with Gasteiger partial charge in [0.15, 0.2) is 0 Å². The van der Waals surface area contributed by atoms with Gasteiger partial charge in [0.2, 0.25) is 0 Å². The first-order valence-electron chi connectivity index (χ1n) is 7.31. The summed E-state index contributed by atoms with van der Waals surface area (Å²) in [5.41, 5.74) is 3.53. The van der Waals surface area contributed by atoms with Gasteiger partial charge in [-0.1, -0.05) is 45.0 Å². The predicted octanol–water partition coefficient (Wildman–Crippen LogP) is 4.48. The number of halogens is 1. The highest BCUT2D eigenvalue weighted by Crippen LogP contribution is 2.48. The maximum absolute atomic E-state index is 5.85. The van der Waals surface area contributed by atoms with Crippen LogP contribution in [0.15, 0.2) is 24.3 Å². The molecule has 0 aliphatic heterocycles. The van der Waals surface area contributed by atoms with Crippen molar-refractivity contribution in [1.29, 1.82) is 0 Å². The molecule has 2 heteroatoms. The lowest BCUT2D eigenvalue weighted by Gasteiger charge is -2.19. The van der Waals surface area contributed by atoms with Crippen LogP contribution in [0.5, 0.6) is 0 Å². The summed E-state index contributed by atoms with van der Waals surface area (Å²) < 4.78 is 0. The van der Waals surface area contributed by atoms with Gasteiger partial charge >= 0.3 is 0 Å². The minimum Gasteiger partial charge on any atom is -0.312 e. The van der Waals surface area contributed by atoms with Crippen LogP contribution in [-0.4, -0.2) is 12.4 Å². The molecule has 0 radical (unpaired) electrons. The molecule has 0 atom stereocenters. The van der Waals surface area contributed by atoms with Crippen molar-refractivity contribution in [1.82, 2.24) is 5.32 Å². The third kappa shape index (κ3) is 4.22. The summed E-state index contributed by atoms with van der Waals surface area (Å²) in [6.45, 7) is 8.84. The first kappa shape index (κ1) is 14.9. The van der Waals surface area contributed by atoms with E-state index in [2.05, 4.69) is 50.4 Å². The summed E-state index contributed by atoms with van der Waals surface area (Å²) in [5, 5.41) is 3.59. The average Bonchev–Trinajstić information content (AvgIpc) is 3.09. The molecular weight excluding hydrogens is 254 g/mol. The van der Waals surface area contributed by atoms with Gasteiger partial charge in [-0.05, 0) is 41.2 Å². The van der Waals surface area contributed by atoms with Crippen LogP contribution in [0.2, 0.25) is 0 Å². The molecule has 1 saturated carbocycles. The first-order valence-corrected chi connectivity index (χ1v) is 7.85. The predicted molar refractivity (Wildman–Crippen MR) is 83.9 cm³/mol. The zero-order valence-electron chi connectivity index (χ0n) is 12.4. The van der Waals surface area contributed by atoms with E-state index in [9.17, 15) is 0 Å². The molecule has 1 aliphatic carbocycles.